The third-order valence-corrected chi connectivity index (χ3v) is 8.87. The van der Waals surface area contributed by atoms with Crippen LogP contribution in [0.25, 0.3) is 10.2 Å². The van der Waals surface area contributed by atoms with E-state index in [2.05, 4.69) is 29.5 Å². The van der Waals surface area contributed by atoms with E-state index in [-0.39, 0.29) is 29.5 Å². The van der Waals surface area contributed by atoms with Crippen LogP contribution >= 0.6 is 11.3 Å². The van der Waals surface area contributed by atoms with Gasteiger partial charge in [0.1, 0.15) is 18.2 Å². The molecule has 0 saturated heterocycles. The number of nitrogens with zero attached hydrogens (tertiary/aromatic N) is 1. The van der Waals surface area contributed by atoms with E-state index in [1.807, 2.05) is 43.3 Å². The lowest BCUT2D eigenvalue weighted by Gasteiger charge is -2.39. The Kier molecular flexibility index (Phi) is 7.71. The van der Waals surface area contributed by atoms with Crippen molar-refractivity contribution < 1.29 is 27.8 Å². The van der Waals surface area contributed by atoms with Crippen LogP contribution in [-0.4, -0.2) is 23.8 Å². The molecule has 2 N–H and O–H groups in total. The standard InChI is InChI=1S/C34H31F2N3O4S/c1-18-29(32(41)39-33-38-23-7-5-6-8-28(23)44-33)30(31-24(37-18)15-34(2,3)16-25(31)40)19-9-11-26(42-4)20(13-19)17-43-27-12-10-21(35)14-22(27)36/h5-14,30,37H,15-17H2,1-4H3,(H,38,39,41). The Morgan fingerprint density at radius 2 is 1.86 bits per heavy atom. The molecule has 6 rings (SSSR count). The molecule has 1 amide bonds. The fourth-order valence-electron chi connectivity index (χ4n) is 6.00. The molecule has 1 aromatic heterocycles. The maximum absolute atomic E-state index is 14.3. The van der Waals surface area contributed by atoms with E-state index >= 15 is 0 Å². The first-order valence-electron chi connectivity index (χ1n) is 14.2. The average molecular weight is 616 g/mol. The van der Waals surface area contributed by atoms with Gasteiger partial charge in [0, 0.05) is 46.5 Å². The van der Waals surface area contributed by atoms with E-state index in [4.69, 9.17) is 9.47 Å². The molecule has 0 radical (unpaired) electrons. The molecule has 3 aromatic carbocycles. The quantitative estimate of drug-likeness (QED) is 0.225. The molecule has 1 aliphatic heterocycles. The first-order chi connectivity index (χ1) is 21.0. The number of allylic oxidation sites excluding steroid dienone is 3. The van der Waals surface area contributed by atoms with Crippen molar-refractivity contribution in [2.24, 2.45) is 5.41 Å². The number of methoxy groups -OCH3 is 1. The van der Waals surface area contributed by atoms with Crippen molar-refractivity contribution in [1.29, 1.82) is 0 Å². The third kappa shape index (κ3) is 5.69. The minimum Gasteiger partial charge on any atom is -0.496 e. The maximum atomic E-state index is 14.3. The number of nitrogens with one attached hydrogen (secondary N) is 2. The number of thiazole rings is 1. The van der Waals surface area contributed by atoms with E-state index in [0.29, 0.717) is 51.7 Å². The van der Waals surface area contributed by atoms with Crippen LogP contribution in [0.2, 0.25) is 0 Å². The number of halogens is 2. The summed E-state index contributed by atoms with van der Waals surface area (Å²) in [4.78, 5) is 32.4. The lowest BCUT2D eigenvalue weighted by atomic mass is 9.68. The van der Waals surface area contributed by atoms with E-state index in [0.717, 1.165) is 28.0 Å². The Labute approximate surface area is 257 Å². The second kappa shape index (κ2) is 11.5. The van der Waals surface area contributed by atoms with Crippen LogP contribution in [0.4, 0.5) is 13.9 Å². The fraction of sp³-hybridized carbons (Fsp3) is 0.265. The molecule has 44 heavy (non-hydrogen) atoms. The summed E-state index contributed by atoms with van der Waals surface area (Å²) in [5.41, 5.74) is 4.17. The number of carbonyl (C=O) groups is 2. The van der Waals surface area contributed by atoms with E-state index in [1.165, 1.54) is 24.5 Å². The van der Waals surface area contributed by atoms with Crippen LogP contribution in [0.3, 0.4) is 0 Å². The smallest absolute Gasteiger partial charge is 0.256 e. The van der Waals surface area contributed by atoms with Gasteiger partial charge in [-0.25, -0.2) is 13.8 Å². The number of dihydropyridines is 1. The zero-order valence-corrected chi connectivity index (χ0v) is 25.5. The number of aromatic nitrogens is 1. The molecule has 0 bridgehead atoms. The molecule has 0 spiro atoms. The topological polar surface area (TPSA) is 89.5 Å². The summed E-state index contributed by atoms with van der Waals surface area (Å²) in [7, 11) is 1.51. The van der Waals surface area contributed by atoms with Crippen LogP contribution in [0.1, 0.15) is 50.7 Å². The number of benzene rings is 3. The molecule has 0 saturated carbocycles. The van der Waals surface area contributed by atoms with Gasteiger partial charge in [-0.3, -0.25) is 14.9 Å². The Morgan fingerprint density at radius 3 is 2.61 bits per heavy atom. The molecule has 10 heteroatoms. The minimum atomic E-state index is -0.823. The zero-order valence-electron chi connectivity index (χ0n) is 24.7. The summed E-state index contributed by atoms with van der Waals surface area (Å²) in [5, 5.41) is 6.80. The summed E-state index contributed by atoms with van der Waals surface area (Å²) in [6.07, 6.45) is 0.983. The number of Topliss-reactive ketones (excluding diaryl/α,β-unsaturated/α-hetero) is 1. The summed E-state index contributed by atoms with van der Waals surface area (Å²) >= 11 is 1.37. The molecule has 2 heterocycles. The molecule has 1 atom stereocenters. The van der Waals surface area contributed by atoms with Gasteiger partial charge < -0.3 is 14.8 Å². The molecular formula is C34H31F2N3O4S. The van der Waals surface area contributed by atoms with E-state index < -0.39 is 17.6 Å². The van der Waals surface area contributed by atoms with Gasteiger partial charge in [-0.1, -0.05) is 43.4 Å². The SMILES string of the molecule is COc1ccc(C2C(C(=O)Nc3nc4ccccc4s3)=C(C)NC3=C2C(=O)CC(C)(C)C3)cc1COc1ccc(F)cc1F. The van der Waals surface area contributed by atoms with Crippen LogP contribution in [-0.2, 0) is 16.2 Å². The first kappa shape index (κ1) is 29.5. The largest absolute Gasteiger partial charge is 0.496 e. The second-order valence-corrected chi connectivity index (χ2v) is 12.8. The predicted molar refractivity (Wildman–Crippen MR) is 166 cm³/mol. The van der Waals surface area contributed by atoms with Gasteiger partial charge in [0.15, 0.2) is 22.5 Å². The number of rotatable bonds is 7. The number of anilines is 1. The van der Waals surface area contributed by atoms with E-state index in [1.54, 1.807) is 6.07 Å². The highest BCUT2D eigenvalue weighted by atomic mass is 32.1. The molecule has 4 aromatic rings. The van der Waals surface area contributed by atoms with Crippen LogP contribution in [0.5, 0.6) is 11.5 Å². The van der Waals surface area contributed by atoms with Gasteiger partial charge in [0.25, 0.3) is 5.91 Å². The fourth-order valence-corrected chi connectivity index (χ4v) is 6.86. The Morgan fingerprint density at radius 1 is 1.09 bits per heavy atom. The van der Waals surface area contributed by atoms with Crippen molar-refractivity contribution in [3.05, 3.63) is 106 Å². The van der Waals surface area contributed by atoms with Crippen molar-refractivity contribution in [2.45, 2.75) is 46.1 Å². The van der Waals surface area contributed by atoms with Crippen molar-refractivity contribution in [2.75, 3.05) is 12.4 Å². The van der Waals surface area contributed by atoms with Gasteiger partial charge in [-0.05, 0) is 60.7 Å². The van der Waals surface area contributed by atoms with Crippen LogP contribution in [0, 0.1) is 17.0 Å². The highest BCUT2D eigenvalue weighted by molar-refractivity contribution is 7.22. The minimum absolute atomic E-state index is 0.0338. The second-order valence-electron chi connectivity index (χ2n) is 11.8. The molecule has 1 unspecified atom stereocenters. The van der Waals surface area contributed by atoms with Gasteiger partial charge in [0.05, 0.1) is 17.3 Å². The number of ketones is 1. The third-order valence-electron chi connectivity index (χ3n) is 7.91. The van der Waals surface area contributed by atoms with Crippen molar-refractivity contribution in [3.63, 3.8) is 0 Å². The lowest BCUT2D eigenvalue weighted by molar-refractivity contribution is -0.118. The van der Waals surface area contributed by atoms with Crippen molar-refractivity contribution >= 4 is 38.4 Å². The molecule has 1 aliphatic carbocycles. The number of carbonyl (C=O) groups excluding carboxylic acids is 2. The monoisotopic (exact) mass is 615 g/mol. The lowest BCUT2D eigenvalue weighted by Crippen LogP contribution is -2.39. The van der Waals surface area contributed by atoms with Gasteiger partial charge >= 0.3 is 0 Å². The van der Waals surface area contributed by atoms with Crippen LogP contribution in [0.15, 0.2) is 83.2 Å². The average Bonchev–Trinajstić information content (AvgIpc) is 3.37. The summed E-state index contributed by atoms with van der Waals surface area (Å²) < 4.78 is 40.0. The van der Waals surface area contributed by atoms with Crippen molar-refractivity contribution in [1.82, 2.24) is 10.3 Å². The number of hydrogen-bond donors (Lipinski definition) is 2. The van der Waals surface area contributed by atoms with Crippen molar-refractivity contribution in [3.8, 4) is 11.5 Å². The molecule has 226 valence electrons. The number of fused-ring (bicyclic) bond motifs is 1. The molecule has 0 fully saturated rings. The number of para-hydroxylation sites is 1. The number of ether oxygens (including phenoxy) is 2. The van der Waals surface area contributed by atoms with Gasteiger partial charge in [0.2, 0.25) is 0 Å². The van der Waals surface area contributed by atoms with E-state index in [9.17, 15) is 18.4 Å². The predicted octanol–water partition coefficient (Wildman–Crippen LogP) is 7.40. The molecule has 2 aliphatic rings. The number of hydrogen-bond acceptors (Lipinski definition) is 7. The van der Waals surface area contributed by atoms with Gasteiger partial charge in [-0.2, -0.15) is 0 Å². The summed E-state index contributed by atoms with van der Waals surface area (Å²) in [6.45, 7) is 5.85. The maximum Gasteiger partial charge on any atom is 0.256 e. The highest BCUT2D eigenvalue weighted by Crippen LogP contribution is 2.47. The Hall–Kier alpha value is -4.57. The van der Waals surface area contributed by atoms with Gasteiger partial charge in [-0.15, -0.1) is 0 Å². The molecule has 7 nitrogen and oxygen atoms in total. The first-order valence-corrected chi connectivity index (χ1v) is 15.0. The van der Waals surface area contributed by atoms with Crippen LogP contribution < -0.4 is 20.1 Å². The normalized spacial score (nSPS) is 17.8. The Bertz CT molecular complexity index is 1840. The summed E-state index contributed by atoms with van der Waals surface area (Å²) in [6, 6.07) is 16.1. The number of amides is 1. The summed E-state index contributed by atoms with van der Waals surface area (Å²) in [5.74, 6) is -2.24. The zero-order chi connectivity index (χ0) is 31.2. The highest BCUT2D eigenvalue weighted by Gasteiger charge is 2.43. The Balaban J connectivity index is 1.40. The molecular weight excluding hydrogens is 584 g/mol.